The molecule has 0 aliphatic carbocycles. The Hall–Kier alpha value is 2.24. The first-order valence-electron chi connectivity index (χ1n) is 2.25. The molecule has 0 aromatic carbocycles. The molecule has 0 rings (SSSR count). The first kappa shape index (κ1) is 13.8. The monoisotopic (exact) mass is 551 g/mol. The minimum absolute atomic E-state index is 0.523. The zero-order chi connectivity index (χ0) is 7.54. The van der Waals surface area contributed by atoms with Gasteiger partial charge in [0.15, 0.2) is 0 Å². The van der Waals surface area contributed by atoms with Crippen LogP contribution >= 0.6 is 50.5 Å². The van der Waals surface area contributed by atoms with Gasteiger partial charge in [-0.25, -0.2) is 0 Å². The molecule has 4 heteroatoms. The fourth-order valence-electron chi connectivity index (χ4n) is 0.201. The molecule has 0 saturated carbocycles. The van der Waals surface area contributed by atoms with E-state index in [4.69, 9.17) is 0 Å². The molecule has 0 amide bonds. The van der Waals surface area contributed by atoms with Crippen LogP contribution in [-0.4, -0.2) is 12.0 Å². The molecule has 0 unspecified atom stereocenters. The molecular formula is C5H10I2PtS. The summed E-state index contributed by atoms with van der Waals surface area (Å²) in [6.45, 7) is 3.58. The third-order valence-corrected chi connectivity index (χ3v) is 1.17. The van der Waals surface area contributed by atoms with Gasteiger partial charge in [-0.2, -0.15) is 11.8 Å². The van der Waals surface area contributed by atoms with Gasteiger partial charge in [0.2, 0.25) is 0 Å². The second-order valence-corrected chi connectivity index (χ2v) is 18.7. The Balaban J connectivity index is 0. The molecule has 0 atom stereocenters. The van der Waals surface area contributed by atoms with Gasteiger partial charge in [0, 0.05) is 0 Å². The number of hydrogen-bond donors (Lipinski definition) is 0. The molecule has 0 spiro atoms. The number of thioether (sulfide) groups is 1. The van der Waals surface area contributed by atoms with Crippen molar-refractivity contribution in [3.05, 3.63) is 12.7 Å². The Bertz CT molecular complexity index is 52.2. The van der Waals surface area contributed by atoms with Crippen LogP contribution in [0.3, 0.4) is 0 Å². The van der Waals surface area contributed by atoms with Crippen molar-refractivity contribution < 1.29 is 11.2 Å². The molecule has 0 aliphatic heterocycles. The van der Waals surface area contributed by atoms with Crippen molar-refractivity contribution in [2.45, 2.75) is 6.42 Å². The van der Waals surface area contributed by atoms with Gasteiger partial charge >= 0.3 is 49.9 Å². The van der Waals surface area contributed by atoms with Crippen LogP contribution in [0.15, 0.2) is 12.7 Å². The second kappa shape index (κ2) is 16.7. The van der Waals surface area contributed by atoms with Crippen LogP contribution in [-0.2, 0) is 11.2 Å². The van der Waals surface area contributed by atoms with Gasteiger partial charge in [0.1, 0.15) is 0 Å². The predicted molar refractivity (Wildman–Crippen MR) is 61.2 cm³/mol. The van der Waals surface area contributed by atoms with Crippen molar-refractivity contribution in [2.24, 2.45) is 0 Å². The SMILES string of the molecule is C=CCCSC.[I][Pt][I]. The maximum atomic E-state index is 3.58. The molecule has 9 heavy (non-hydrogen) atoms. The van der Waals surface area contributed by atoms with Crippen LogP contribution in [0.1, 0.15) is 6.42 Å². The van der Waals surface area contributed by atoms with E-state index in [1.165, 1.54) is 5.75 Å². The Morgan fingerprint density at radius 2 is 2.11 bits per heavy atom. The summed E-state index contributed by atoms with van der Waals surface area (Å²) in [5, 5.41) is 0. The quantitative estimate of drug-likeness (QED) is 0.293. The summed E-state index contributed by atoms with van der Waals surface area (Å²) < 4.78 is 0. The standard InChI is InChI=1S/C5H10S.2HI.Pt/c1-3-4-5-6-2;;;/h3H,1,4-5H2,2H3;2*1H;/q;;;+2/p-2. The second-order valence-electron chi connectivity index (χ2n) is 1.12. The fourth-order valence-corrected chi connectivity index (χ4v) is 0.604. The van der Waals surface area contributed by atoms with E-state index in [9.17, 15) is 0 Å². The van der Waals surface area contributed by atoms with E-state index in [1.54, 1.807) is 0 Å². The van der Waals surface area contributed by atoms with Crippen LogP contribution in [0.25, 0.3) is 0 Å². The minimum atomic E-state index is 0.523. The average Bonchev–Trinajstić information content (AvgIpc) is 1.86. The van der Waals surface area contributed by atoms with Crippen molar-refractivity contribution in [2.75, 3.05) is 12.0 Å². The van der Waals surface area contributed by atoms with Gasteiger partial charge < -0.3 is 0 Å². The summed E-state index contributed by atoms with van der Waals surface area (Å²) in [4.78, 5) is 0. The van der Waals surface area contributed by atoms with Crippen molar-refractivity contribution in [1.82, 2.24) is 0 Å². The van der Waals surface area contributed by atoms with E-state index in [0.29, 0.717) is 11.2 Å². The zero-order valence-corrected chi connectivity index (χ0v) is 12.6. The van der Waals surface area contributed by atoms with E-state index in [0.717, 1.165) is 6.42 Å². The molecule has 0 aromatic heterocycles. The van der Waals surface area contributed by atoms with E-state index < -0.39 is 0 Å². The third-order valence-electron chi connectivity index (χ3n) is 0.526. The molecule has 0 N–H and O–H groups in total. The van der Waals surface area contributed by atoms with Gasteiger partial charge in [-0.1, -0.05) is 6.08 Å². The summed E-state index contributed by atoms with van der Waals surface area (Å²) in [6, 6.07) is 0. The Morgan fingerprint density at radius 1 is 1.67 bits per heavy atom. The van der Waals surface area contributed by atoms with Crippen LogP contribution in [0.2, 0.25) is 0 Å². The summed E-state index contributed by atoms with van der Waals surface area (Å²) in [5.41, 5.74) is 0. The summed E-state index contributed by atoms with van der Waals surface area (Å²) in [5.74, 6) is 1.21. The molecule has 60 valence electrons. The van der Waals surface area contributed by atoms with Crippen LogP contribution < -0.4 is 0 Å². The van der Waals surface area contributed by atoms with Gasteiger partial charge in [-0.05, 0) is 18.4 Å². The summed E-state index contributed by atoms with van der Waals surface area (Å²) in [7, 11) is 0. The van der Waals surface area contributed by atoms with Crippen LogP contribution in [0.5, 0.6) is 0 Å². The maximum absolute atomic E-state index is 3.58. The van der Waals surface area contributed by atoms with E-state index in [-0.39, 0.29) is 0 Å². The van der Waals surface area contributed by atoms with Gasteiger partial charge in [0.25, 0.3) is 0 Å². The molecule has 0 bridgehead atoms. The van der Waals surface area contributed by atoms with Crippen molar-refractivity contribution in [1.29, 1.82) is 0 Å². The molecular weight excluding hydrogens is 541 g/mol. The molecule has 0 heterocycles. The predicted octanol–water partition coefficient (Wildman–Crippen LogP) is 3.69. The van der Waals surface area contributed by atoms with Crippen molar-refractivity contribution in [3.63, 3.8) is 0 Å². The van der Waals surface area contributed by atoms with E-state index in [1.807, 2.05) is 17.8 Å². The first-order valence-corrected chi connectivity index (χ1v) is 16.5. The third kappa shape index (κ3) is 25.3. The first-order chi connectivity index (χ1) is 4.33. The normalized spacial score (nSPS) is 7.89. The number of halogens is 2. The Labute approximate surface area is 91.2 Å². The van der Waals surface area contributed by atoms with Crippen molar-refractivity contribution >= 4 is 50.5 Å². The van der Waals surface area contributed by atoms with E-state index >= 15 is 0 Å². The summed E-state index contributed by atoms with van der Waals surface area (Å²) >= 11 is 7.15. The molecule has 0 fully saturated rings. The fraction of sp³-hybridized carbons (Fsp3) is 0.600. The topological polar surface area (TPSA) is 0 Å². The molecule has 0 saturated heterocycles. The molecule has 0 aromatic rings. The number of rotatable bonds is 3. The van der Waals surface area contributed by atoms with Crippen LogP contribution in [0.4, 0.5) is 0 Å². The number of allylic oxidation sites excluding steroid dienone is 1. The zero-order valence-electron chi connectivity index (χ0n) is 5.18. The van der Waals surface area contributed by atoms with Crippen LogP contribution in [0, 0.1) is 0 Å². The van der Waals surface area contributed by atoms with Gasteiger partial charge in [-0.15, -0.1) is 6.58 Å². The average molecular weight is 551 g/mol. The molecule has 0 radical (unpaired) electrons. The van der Waals surface area contributed by atoms with Gasteiger partial charge in [0.05, 0.1) is 0 Å². The van der Waals surface area contributed by atoms with Gasteiger partial charge in [-0.3, -0.25) is 0 Å². The Kier molecular flexibility index (Phi) is 25.6. The van der Waals surface area contributed by atoms with Crippen molar-refractivity contribution in [3.8, 4) is 0 Å². The summed E-state index contributed by atoms with van der Waals surface area (Å²) in [6.07, 6.45) is 5.18. The molecule has 0 aliphatic rings. The molecule has 0 nitrogen and oxygen atoms in total. The number of hydrogen-bond acceptors (Lipinski definition) is 1. The van der Waals surface area contributed by atoms with E-state index in [2.05, 4.69) is 51.5 Å². The Morgan fingerprint density at radius 3 is 2.22 bits per heavy atom.